The summed E-state index contributed by atoms with van der Waals surface area (Å²) in [5.74, 6) is -0.616. The molecule has 170 valence electrons. The van der Waals surface area contributed by atoms with Crippen molar-refractivity contribution in [1.29, 1.82) is 5.26 Å². The topological polar surface area (TPSA) is 82.4 Å². The molecular weight excluding hydrogens is 453 g/mol. The van der Waals surface area contributed by atoms with E-state index in [1.807, 2.05) is 36.4 Å². The van der Waals surface area contributed by atoms with Crippen LogP contribution in [0.3, 0.4) is 0 Å². The second-order valence-electron chi connectivity index (χ2n) is 7.42. The fourth-order valence-electron chi connectivity index (χ4n) is 3.50. The van der Waals surface area contributed by atoms with Gasteiger partial charge in [0.25, 0.3) is 5.91 Å². The molecule has 0 saturated carbocycles. The van der Waals surface area contributed by atoms with Crippen molar-refractivity contribution < 1.29 is 18.7 Å². The van der Waals surface area contributed by atoms with Gasteiger partial charge >= 0.3 is 0 Å². The predicted octanol–water partition coefficient (Wildman–Crippen LogP) is 4.90. The fraction of sp³-hybridized carbons (Fsp3) is 0.115. The Hall–Kier alpha value is -4.09. The molecule has 1 aliphatic rings. The molecule has 1 aliphatic heterocycles. The zero-order chi connectivity index (χ0) is 24.1. The van der Waals surface area contributed by atoms with Crippen molar-refractivity contribution in [2.24, 2.45) is 0 Å². The number of anilines is 2. The molecule has 8 heteroatoms. The number of nitriles is 1. The molecule has 1 N–H and O–H groups in total. The van der Waals surface area contributed by atoms with Crippen molar-refractivity contribution in [2.75, 3.05) is 17.3 Å². The van der Waals surface area contributed by atoms with Crippen LogP contribution in [-0.4, -0.2) is 24.2 Å². The van der Waals surface area contributed by atoms with Crippen LogP contribution in [0.4, 0.5) is 15.8 Å². The van der Waals surface area contributed by atoms with E-state index in [0.29, 0.717) is 23.5 Å². The van der Waals surface area contributed by atoms with Gasteiger partial charge in [-0.25, -0.2) is 4.39 Å². The number of hydrogen-bond acceptors (Lipinski definition) is 5. The number of amides is 2. The van der Waals surface area contributed by atoms with E-state index in [0.717, 1.165) is 5.56 Å². The van der Waals surface area contributed by atoms with Crippen LogP contribution in [0.2, 0.25) is 0 Å². The lowest BCUT2D eigenvalue weighted by atomic mass is 10.1. The molecule has 3 aromatic carbocycles. The number of carbonyl (C=O) groups excluding carboxylic acids is 2. The average Bonchev–Trinajstić information content (AvgIpc) is 3.17. The summed E-state index contributed by atoms with van der Waals surface area (Å²) in [5.41, 5.74) is 1.64. The zero-order valence-electron chi connectivity index (χ0n) is 18.2. The fourth-order valence-corrected chi connectivity index (χ4v) is 4.81. The Morgan fingerprint density at radius 1 is 1.09 bits per heavy atom. The van der Waals surface area contributed by atoms with E-state index in [-0.39, 0.29) is 16.5 Å². The van der Waals surface area contributed by atoms with Gasteiger partial charge in [0.1, 0.15) is 28.2 Å². The number of thioether (sulfide) groups is 1. The number of hydrogen-bond donors (Lipinski definition) is 1. The first-order valence-electron chi connectivity index (χ1n) is 10.4. The summed E-state index contributed by atoms with van der Waals surface area (Å²) in [7, 11) is 1.58. The molecule has 3 aromatic rings. The van der Waals surface area contributed by atoms with Gasteiger partial charge in [0.15, 0.2) is 0 Å². The Kier molecular flexibility index (Phi) is 6.95. The molecule has 1 unspecified atom stereocenters. The second-order valence-corrected chi connectivity index (χ2v) is 8.61. The molecule has 6 nitrogen and oxygen atoms in total. The molecule has 34 heavy (non-hydrogen) atoms. The molecule has 1 heterocycles. The SMILES string of the molecule is COc1ccc(CC2SC(=C(C#N)C(=O)Nc3ccc(F)cc3)N(c3ccccc3)C2=O)cc1. The lowest BCUT2D eigenvalue weighted by Crippen LogP contribution is -2.30. The van der Waals surface area contributed by atoms with E-state index in [1.54, 1.807) is 31.4 Å². The van der Waals surface area contributed by atoms with Crippen molar-refractivity contribution in [3.05, 3.63) is 101 Å². The second kappa shape index (κ2) is 10.2. The first kappa shape index (κ1) is 23.1. The van der Waals surface area contributed by atoms with Crippen molar-refractivity contribution in [1.82, 2.24) is 0 Å². The minimum absolute atomic E-state index is 0.191. The summed E-state index contributed by atoms with van der Waals surface area (Å²) < 4.78 is 18.4. The van der Waals surface area contributed by atoms with Gasteiger partial charge in [-0.15, -0.1) is 0 Å². The summed E-state index contributed by atoms with van der Waals surface area (Å²) in [6, 6.07) is 23.5. The summed E-state index contributed by atoms with van der Waals surface area (Å²) in [5, 5.41) is 12.2. The van der Waals surface area contributed by atoms with Crippen molar-refractivity contribution in [3.63, 3.8) is 0 Å². The highest BCUT2D eigenvalue weighted by atomic mass is 32.2. The number of halogens is 1. The van der Waals surface area contributed by atoms with Crippen LogP contribution in [0.1, 0.15) is 5.56 Å². The van der Waals surface area contributed by atoms with Crippen LogP contribution < -0.4 is 15.0 Å². The number of ether oxygens (including phenoxy) is 1. The molecule has 0 aromatic heterocycles. The predicted molar refractivity (Wildman–Crippen MR) is 130 cm³/mol. The molecule has 0 spiro atoms. The van der Waals surface area contributed by atoms with Gasteiger partial charge in [-0.3, -0.25) is 14.5 Å². The van der Waals surface area contributed by atoms with Crippen LogP contribution in [0, 0.1) is 17.1 Å². The largest absolute Gasteiger partial charge is 0.497 e. The molecule has 1 atom stereocenters. The van der Waals surface area contributed by atoms with E-state index >= 15 is 0 Å². The lowest BCUT2D eigenvalue weighted by molar-refractivity contribution is -0.117. The van der Waals surface area contributed by atoms with Gasteiger partial charge in [0, 0.05) is 11.4 Å². The first-order chi connectivity index (χ1) is 16.5. The van der Waals surface area contributed by atoms with Crippen LogP contribution in [0.5, 0.6) is 5.75 Å². The normalized spacial score (nSPS) is 16.7. The molecule has 0 bridgehead atoms. The molecule has 0 radical (unpaired) electrons. The molecule has 0 aliphatic carbocycles. The summed E-state index contributed by atoms with van der Waals surface area (Å²) in [6.45, 7) is 0. The standard InChI is InChI=1S/C26H20FN3O3S/c1-33-21-13-7-17(8-14-21)15-23-25(32)30(20-5-3-2-4-6-20)26(34-23)22(16-28)24(31)29-19-11-9-18(27)10-12-19/h2-14,23H,15H2,1H3,(H,29,31). The minimum Gasteiger partial charge on any atom is -0.497 e. The summed E-state index contributed by atoms with van der Waals surface area (Å²) in [4.78, 5) is 27.8. The van der Waals surface area contributed by atoms with Gasteiger partial charge in [-0.05, 0) is 60.5 Å². The van der Waals surface area contributed by atoms with Crippen molar-refractivity contribution >= 4 is 35.0 Å². The Balaban J connectivity index is 1.68. The maximum atomic E-state index is 13.4. The summed E-state index contributed by atoms with van der Waals surface area (Å²) in [6.07, 6.45) is 0.415. The first-order valence-corrected chi connectivity index (χ1v) is 11.3. The quantitative estimate of drug-likeness (QED) is 0.407. The van der Waals surface area contributed by atoms with E-state index in [9.17, 15) is 19.2 Å². The molecular formula is C26H20FN3O3S. The number of nitrogens with one attached hydrogen (secondary N) is 1. The van der Waals surface area contributed by atoms with Crippen molar-refractivity contribution in [3.8, 4) is 11.8 Å². The highest BCUT2D eigenvalue weighted by Crippen LogP contribution is 2.42. The smallest absolute Gasteiger partial charge is 0.269 e. The number of benzene rings is 3. The number of para-hydroxylation sites is 1. The lowest BCUT2D eigenvalue weighted by Gasteiger charge is -2.18. The van der Waals surface area contributed by atoms with E-state index < -0.39 is 17.0 Å². The van der Waals surface area contributed by atoms with Crippen LogP contribution in [0.15, 0.2) is 89.5 Å². The Morgan fingerprint density at radius 2 is 1.76 bits per heavy atom. The molecule has 1 fully saturated rings. The molecule has 4 rings (SSSR count). The number of methoxy groups -OCH3 is 1. The number of carbonyl (C=O) groups is 2. The van der Waals surface area contributed by atoms with Crippen molar-refractivity contribution in [2.45, 2.75) is 11.7 Å². The highest BCUT2D eigenvalue weighted by Gasteiger charge is 2.40. The molecule has 2 amide bonds. The monoisotopic (exact) mass is 473 g/mol. The van der Waals surface area contributed by atoms with Crippen LogP contribution in [0.25, 0.3) is 0 Å². The number of nitrogens with zero attached hydrogens (tertiary/aromatic N) is 2. The van der Waals surface area contributed by atoms with E-state index in [1.165, 1.54) is 40.9 Å². The maximum absolute atomic E-state index is 13.4. The summed E-state index contributed by atoms with van der Waals surface area (Å²) >= 11 is 1.18. The van der Waals surface area contributed by atoms with Gasteiger partial charge in [-0.2, -0.15) is 5.26 Å². The highest BCUT2D eigenvalue weighted by molar-refractivity contribution is 8.05. The third-order valence-electron chi connectivity index (χ3n) is 5.20. The minimum atomic E-state index is -0.671. The Morgan fingerprint density at radius 3 is 2.38 bits per heavy atom. The zero-order valence-corrected chi connectivity index (χ0v) is 19.0. The third kappa shape index (κ3) is 4.95. The Labute approximate surface area is 200 Å². The van der Waals surface area contributed by atoms with E-state index in [2.05, 4.69) is 5.32 Å². The van der Waals surface area contributed by atoms with Crippen LogP contribution in [-0.2, 0) is 16.0 Å². The van der Waals surface area contributed by atoms with Gasteiger partial charge in [0.05, 0.1) is 12.4 Å². The molecule has 1 saturated heterocycles. The van der Waals surface area contributed by atoms with Gasteiger partial charge in [-0.1, -0.05) is 42.1 Å². The van der Waals surface area contributed by atoms with Gasteiger partial charge < -0.3 is 10.1 Å². The van der Waals surface area contributed by atoms with E-state index in [4.69, 9.17) is 4.74 Å². The van der Waals surface area contributed by atoms with Gasteiger partial charge in [0.2, 0.25) is 5.91 Å². The Bertz CT molecular complexity index is 1270. The van der Waals surface area contributed by atoms with Crippen LogP contribution >= 0.6 is 11.8 Å². The number of rotatable bonds is 6. The average molecular weight is 474 g/mol. The maximum Gasteiger partial charge on any atom is 0.269 e. The third-order valence-corrected chi connectivity index (χ3v) is 6.46.